The van der Waals surface area contributed by atoms with Gasteiger partial charge < -0.3 is 9.80 Å². The number of para-hydroxylation sites is 4. The fraction of sp³-hybridized carbons (Fsp3) is 0.0625. The molecule has 0 N–H and O–H groups in total. The fourth-order valence-corrected chi connectivity index (χ4v) is 11.9. The number of anilines is 6. The van der Waals surface area contributed by atoms with E-state index in [1.807, 2.05) is 0 Å². The minimum Gasteiger partial charge on any atom is -0.310 e. The van der Waals surface area contributed by atoms with E-state index in [1.54, 1.807) is 0 Å². The summed E-state index contributed by atoms with van der Waals surface area (Å²) in [7, 11) is 0. The van der Waals surface area contributed by atoms with Crippen LogP contribution in [0.3, 0.4) is 0 Å². The van der Waals surface area contributed by atoms with Crippen LogP contribution in [0.25, 0.3) is 44.5 Å². The maximum absolute atomic E-state index is 2.60. The third-order valence-corrected chi connectivity index (χ3v) is 14.7. The van der Waals surface area contributed by atoms with Gasteiger partial charge in [0, 0.05) is 27.8 Å². The van der Waals surface area contributed by atoms with Crippen molar-refractivity contribution >= 4 is 34.1 Å². The number of hydrogen-bond donors (Lipinski definition) is 0. The second kappa shape index (κ2) is 14.7. The number of rotatable bonds is 6. The molecule has 0 bridgehead atoms. The van der Waals surface area contributed by atoms with Crippen molar-refractivity contribution in [3.05, 3.63) is 276 Å². The molecule has 1 aliphatic heterocycles. The molecule has 0 fully saturated rings. The third-order valence-electron chi connectivity index (χ3n) is 14.7. The zero-order valence-electron chi connectivity index (χ0n) is 37.0. The molecule has 0 radical (unpaired) electrons. The lowest BCUT2D eigenvalue weighted by Crippen LogP contribution is -2.36. The summed E-state index contributed by atoms with van der Waals surface area (Å²) >= 11 is 0. The number of fused-ring (bicyclic) bond motifs is 12. The molecule has 10 aromatic rings. The second-order valence-electron chi connectivity index (χ2n) is 18.4. The van der Waals surface area contributed by atoms with Gasteiger partial charge in [0.05, 0.1) is 33.9 Å². The highest BCUT2D eigenvalue weighted by Crippen LogP contribution is 2.66. The Morgan fingerprint density at radius 2 is 0.758 bits per heavy atom. The van der Waals surface area contributed by atoms with E-state index in [0.717, 1.165) is 17.1 Å². The van der Waals surface area contributed by atoms with Crippen molar-refractivity contribution in [1.29, 1.82) is 0 Å². The standard InChI is InChI=1S/C64H46N2/c1-63(2)50-31-12-9-29-48(50)61-54(63)35-20-40-59(61)66(56-37-16-11-28-47(56)45-25-19-24-44(42-45)43-22-5-3-6-23-43)60-41-21-36-55-62(60)49-30-10-13-32-51(49)64(55)52-33-14-17-38-57(52)65(46-26-7-4-8-27-46)58-39-18-15-34-53(58)64/h3-42H,1-2H3. The van der Waals surface area contributed by atoms with Gasteiger partial charge in [-0.25, -0.2) is 0 Å². The van der Waals surface area contributed by atoms with Gasteiger partial charge in [-0.05, 0) is 110 Å². The molecule has 2 nitrogen and oxygen atoms in total. The Morgan fingerprint density at radius 1 is 0.318 bits per heavy atom. The lowest BCUT2D eigenvalue weighted by Gasteiger charge is -2.45. The quantitative estimate of drug-likeness (QED) is 0.165. The molecule has 1 heterocycles. The van der Waals surface area contributed by atoms with E-state index < -0.39 is 5.41 Å². The summed E-state index contributed by atoms with van der Waals surface area (Å²) in [5, 5.41) is 0. The van der Waals surface area contributed by atoms with Gasteiger partial charge in [-0.3, -0.25) is 0 Å². The Balaban J connectivity index is 1.13. The van der Waals surface area contributed by atoms with Crippen molar-refractivity contribution in [2.75, 3.05) is 9.80 Å². The van der Waals surface area contributed by atoms with E-state index >= 15 is 0 Å². The average molecular weight is 843 g/mol. The number of benzene rings is 10. The van der Waals surface area contributed by atoms with Crippen molar-refractivity contribution in [2.45, 2.75) is 24.7 Å². The third kappa shape index (κ3) is 5.36. The zero-order chi connectivity index (χ0) is 44.0. The van der Waals surface area contributed by atoms with Crippen molar-refractivity contribution in [1.82, 2.24) is 0 Å². The Bertz CT molecular complexity index is 3480. The minimum absolute atomic E-state index is 0.174. The van der Waals surface area contributed by atoms with E-state index in [2.05, 4.69) is 266 Å². The first-order chi connectivity index (χ1) is 32.5. The Morgan fingerprint density at radius 3 is 1.44 bits per heavy atom. The molecule has 0 saturated heterocycles. The minimum atomic E-state index is -0.594. The van der Waals surface area contributed by atoms with Gasteiger partial charge in [0.2, 0.25) is 0 Å². The van der Waals surface area contributed by atoms with Crippen LogP contribution >= 0.6 is 0 Å². The highest BCUT2D eigenvalue weighted by molar-refractivity contribution is 6.05. The highest BCUT2D eigenvalue weighted by Gasteiger charge is 2.52. The van der Waals surface area contributed by atoms with Crippen molar-refractivity contribution in [3.63, 3.8) is 0 Å². The lowest BCUT2D eigenvalue weighted by molar-refractivity contribution is 0.660. The zero-order valence-corrected chi connectivity index (χ0v) is 37.0. The van der Waals surface area contributed by atoms with Gasteiger partial charge in [-0.15, -0.1) is 0 Å². The smallest absolute Gasteiger partial charge is 0.0755 e. The number of nitrogens with zero attached hydrogens (tertiary/aromatic N) is 2. The predicted molar refractivity (Wildman–Crippen MR) is 275 cm³/mol. The van der Waals surface area contributed by atoms with Crippen LogP contribution in [0.5, 0.6) is 0 Å². The normalized spacial score (nSPS) is 14.1. The monoisotopic (exact) mass is 842 g/mol. The van der Waals surface area contributed by atoms with Gasteiger partial charge in [-0.2, -0.15) is 0 Å². The summed E-state index contributed by atoms with van der Waals surface area (Å²) in [4.78, 5) is 5.06. The van der Waals surface area contributed by atoms with Crippen LogP contribution in [0.15, 0.2) is 243 Å². The predicted octanol–water partition coefficient (Wildman–Crippen LogP) is 16.9. The highest BCUT2D eigenvalue weighted by atomic mass is 15.2. The van der Waals surface area contributed by atoms with Crippen molar-refractivity contribution < 1.29 is 0 Å². The average Bonchev–Trinajstić information content (AvgIpc) is 3.81. The lowest BCUT2D eigenvalue weighted by atomic mass is 9.64. The van der Waals surface area contributed by atoms with Gasteiger partial charge >= 0.3 is 0 Å². The largest absolute Gasteiger partial charge is 0.310 e. The molecule has 3 aliphatic rings. The Kier molecular flexibility index (Phi) is 8.51. The summed E-state index contributed by atoms with van der Waals surface area (Å²) in [5.41, 5.74) is 23.9. The van der Waals surface area contributed by atoms with E-state index in [4.69, 9.17) is 0 Å². The molecule has 2 heteroatoms. The molecule has 0 atom stereocenters. The van der Waals surface area contributed by atoms with E-state index in [-0.39, 0.29) is 5.41 Å². The molecule has 0 amide bonds. The maximum Gasteiger partial charge on any atom is 0.0755 e. The van der Waals surface area contributed by atoms with Crippen LogP contribution in [-0.4, -0.2) is 0 Å². The first-order valence-corrected chi connectivity index (χ1v) is 23.1. The molecule has 2 aliphatic carbocycles. The summed E-state index contributed by atoms with van der Waals surface area (Å²) in [5.74, 6) is 0. The van der Waals surface area contributed by atoms with Crippen LogP contribution in [0.4, 0.5) is 34.1 Å². The van der Waals surface area contributed by atoms with Crippen LogP contribution in [0, 0.1) is 0 Å². The van der Waals surface area contributed by atoms with E-state index in [0.29, 0.717) is 0 Å². The van der Waals surface area contributed by atoms with Crippen LogP contribution in [-0.2, 0) is 10.8 Å². The van der Waals surface area contributed by atoms with Crippen molar-refractivity contribution in [2.24, 2.45) is 0 Å². The molecule has 13 rings (SSSR count). The van der Waals surface area contributed by atoms with Crippen LogP contribution in [0.1, 0.15) is 47.2 Å². The van der Waals surface area contributed by atoms with Gasteiger partial charge in [-0.1, -0.05) is 208 Å². The number of hydrogen-bond acceptors (Lipinski definition) is 2. The van der Waals surface area contributed by atoms with Crippen LogP contribution in [0.2, 0.25) is 0 Å². The molecule has 1 spiro atoms. The molecule has 0 aromatic heterocycles. The molecule has 0 unspecified atom stereocenters. The fourth-order valence-electron chi connectivity index (χ4n) is 11.9. The molecular formula is C64H46N2. The summed E-state index contributed by atoms with van der Waals surface area (Å²) in [6.07, 6.45) is 0. The second-order valence-corrected chi connectivity index (χ2v) is 18.4. The van der Waals surface area contributed by atoms with Gasteiger partial charge in [0.1, 0.15) is 0 Å². The summed E-state index contributed by atoms with van der Waals surface area (Å²) < 4.78 is 0. The molecular weight excluding hydrogens is 797 g/mol. The Labute approximate surface area is 387 Å². The van der Waals surface area contributed by atoms with Gasteiger partial charge in [0.15, 0.2) is 0 Å². The topological polar surface area (TPSA) is 6.48 Å². The summed E-state index contributed by atoms with van der Waals surface area (Å²) in [6, 6.07) is 90.1. The first-order valence-electron chi connectivity index (χ1n) is 23.1. The summed E-state index contributed by atoms with van der Waals surface area (Å²) in [6.45, 7) is 4.76. The molecule has 10 aromatic carbocycles. The molecule has 66 heavy (non-hydrogen) atoms. The first kappa shape index (κ1) is 38.3. The molecule has 312 valence electrons. The maximum atomic E-state index is 2.60. The molecule has 0 saturated carbocycles. The van der Waals surface area contributed by atoms with Crippen LogP contribution < -0.4 is 9.80 Å². The Hall–Kier alpha value is -8.20. The van der Waals surface area contributed by atoms with E-state index in [9.17, 15) is 0 Å². The van der Waals surface area contributed by atoms with Gasteiger partial charge in [0.25, 0.3) is 0 Å². The van der Waals surface area contributed by atoms with E-state index in [1.165, 1.54) is 95.0 Å². The van der Waals surface area contributed by atoms with Crippen molar-refractivity contribution in [3.8, 4) is 44.5 Å². The SMILES string of the molecule is CC1(C)c2ccccc2-c2c(N(c3ccccc3-c3cccc(-c4ccccc4)c3)c3cccc4c3-c3ccccc3C43c4ccccc4N(c4ccccc4)c4ccccc43)cccc21.